The van der Waals surface area contributed by atoms with E-state index in [0.717, 1.165) is 30.6 Å². The molecule has 1 amide bonds. The van der Waals surface area contributed by atoms with E-state index in [4.69, 9.17) is 10.5 Å². The average molecular weight is 363 g/mol. The summed E-state index contributed by atoms with van der Waals surface area (Å²) in [7, 11) is 0. The van der Waals surface area contributed by atoms with Crippen molar-refractivity contribution in [2.24, 2.45) is 5.73 Å². The number of aryl methyl sites for hydroxylation is 1. The highest BCUT2D eigenvalue weighted by molar-refractivity contribution is 5.85. The van der Waals surface area contributed by atoms with Crippen LogP contribution in [0.4, 0.5) is 0 Å². The molecule has 5 heteroatoms. The maximum atomic E-state index is 11.4. The van der Waals surface area contributed by atoms with Crippen LogP contribution in [-0.2, 0) is 17.6 Å². The van der Waals surface area contributed by atoms with Gasteiger partial charge >= 0.3 is 0 Å². The van der Waals surface area contributed by atoms with Gasteiger partial charge in [0.2, 0.25) is 5.91 Å². The zero-order valence-electron chi connectivity index (χ0n) is 14.6. The zero-order chi connectivity index (χ0) is 17.2. The van der Waals surface area contributed by atoms with Crippen LogP contribution in [0.2, 0.25) is 0 Å². The van der Waals surface area contributed by atoms with Crippen molar-refractivity contribution < 1.29 is 9.53 Å². The van der Waals surface area contributed by atoms with Crippen molar-refractivity contribution >= 4 is 18.3 Å². The first-order valence-electron chi connectivity index (χ1n) is 8.44. The lowest BCUT2D eigenvalue weighted by Gasteiger charge is -2.10. The Bertz CT molecular complexity index is 633. The molecule has 0 fully saturated rings. The van der Waals surface area contributed by atoms with E-state index in [0.29, 0.717) is 13.2 Å². The van der Waals surface area contributed by atoms with Gasteiger partial charge in [-0.1, -0.05) is 42.5 Å². The molecular weight excluding hydrogens is 336 g/mol. The summed E-state index contributed by atoms with van der Waals surface area (Å²) in [6.45, 7) is 2.96. The summed E-state index contributed by atoms with van der Waals surface area (Å²) in [6, 6.07) is 18.0. The van der Waals surface area contributed by atoms with Crippen LogP contribution in [0, 0.1) is 0 Å². The summed E-state index contributed by atoms with van der Waals surface area (Å²) >= 11 is 0. The number of nitrogens with one attached hydrogen (secondary N) is 1. The summed E-state index contributed by atoms with van der Waals surface area (Å²) < 4.78 is 5.83. The monoisotopic (exact) mass is 362 g/mol. The predicted octanol–water partition coefficient (Wildman–Crippen LogP) is 3.13. The Labute approximate surface area is 156 Å². The standard InChI is InChI=1S/C20H26N2O2.ClH/c1-16(21)20(23)22-13-12-18-9-5-11-19(15-18)24-14-6-10-17-7-3-2-4-8-17;/h2-5,7-9,11,15-16H,6,10,12-14,21H2,1H3,(H,22,23);1H/t16-;/m0./s1. The van der Waals surface area contributed by atoms with Crippen LogP contribution in [0.25, 0.3) is 0 Å². The van der Waals surface area contributed by atoms with Crippen LogP contribution in [0.5, 0.6) is 5.75 Å². The number of amides is 1. The van der Waals surface area contributed by atoms with Crippen molar-refractivity contribution in [2.45, 2.75) is 32.2 Å². The highest BCUT2D eigenvalue weighted by Gasteiger charge is 2.05. The van der Waals surface area contributed by atoms with Gasteiger partial charge in [-0.3, -0.25) is 4.79 Å². The molecule has 0 aliphatic rings. The molecule has 25 heavy (non-hydrogen) atoms. The first kappa shape index (κ1) is 21.0. The molecule has 0 aliphatic heterocycles. The van der Waals surface area contributed by atoms with E-state index in [1.807, 2.05) is 30.3 Å². The molecule has 0 bridgehead atoms. The van der Waals surface area contributed by atoms with Gasteiger partial charge in [0.15, 0.2) is 0 Å². The van der Waals surface area contributed by atoms with Crippen LogP contribution in [0.1, 0.15) is 24.5 Å². The van der Waals surface area contributed by atoms with Crippen LogP contribution in [-0.4, -0.2) is 25.1 Å². The second-order valence-corrected chi connectivity index (χ2v) is 5.91. The average Bonchev–Trinajstić information content (AvgIpc) is 2.60. The molecule has 2 rings (SSSR count). The Hall–Kier alpha value is -2.04. The fourth-order valence-corrected chi connectivity index (χ4v) is 2.39. The highest BCUT2D eigenvalue weighted by Crippen LogP contribution is 2.14. The van der Waals surface area contributed by atoms with Crippen molar-refractivity contribution in [1.29, 1.82) is 0 Å². The van der Waals surface area contributed by atoms with Gasteiger partial charge in [0.25, 0.3) is 0 Å². The molecular formula is C20H27ClN2O2. The van der Waals surface area contributed by atoms with Crippen LogP contribution >= 0.6 is 12.4 Å². The van der Waals surface area contributed by atoms with E-state index < -0.39 is 6.04 Å². The Morgan fingerprint density at radius 3 is 2.52 bits per heavy atom. The van der Waals surface area contributed by atoms with Gasteiger partial charge in [0, 0.05) is 6.54 Å². The number of halogens is 1. The molecule has 136 valence electrons. The summed E-state index contributed by atoms with van der Waals surface area (Å²) in [5.74, 6) is 0.752. The predicted molar refractivity (Wildman–Crippen MR) is 104 cm³/mol. The first-order valence-corrected chi connectivity index (χ1v) is 8.44. The zero-order valence-corrected chi connectivity index (χ0v) is 15.4. The maximum Gasteiger partial charge on any atom is 0.236 e. The van der Waals surface area contributed by atoms with E-state index in [-0.39, 0.29) is 18.3 Å². The SMILES string of the molecule is C[C@H](N)C(=O)NCCc1cccc(OCCCc2ccccc2)c1.Cl. The normalized spacial score (nSPS) is 11.3. The molecule has 0 saturated heterocycles. The molecule has 0 saturated carbocycles. The summed E-state index contributed by atoms with van der Waals surface area (Å²) in [5, 5.41) is 2.82. The lowest BCUT2D eigenvalue weighted by molar-refractivity contribution is -0.121. The van der Waals surface area contributed by atoms with E-state index >= 15 is 0 Å². The Morgan fingerprint density at radius 1 is 1.08 bits per heavy atom. The molecule has 0 unspecified atom stereocenters. The van der Waals surface area contributed by atoms with E-state index in [9.17, 15) is 4.79 Å². The molecule has 0 radical (unpaired) electrons. The minimum absolute atomic E-state index is 0. The topological polar surface area (TPSA) is 64.4 Å². The fraction of sp³-hybridized carbons (Fsp3) is 0.350. The van der Waals surface area contributed by atoms with Gasteiger partial charge in [0.05, 0.1) is 12.6 Å². The van der Waals surface area contributed by atoms with Crippen LogP contribution in [0.3, 0.4) is 0 Å². The molecule has 0 heterocycles. The van der Waals surface area contributed by atoms with Crippen LogP contribution in [0.15, 0.2) is 54.6 Å². The summed E-state index contributed by atoms with van der Waals surface area (Å²) in [6.07, 6.45) is 2.77. The smallest absolute Gasteiger partial charge is 0.236 e. The minimum Gasteiger partial charge on any atom is -0.494 e. The third kappa shape index (κ3) is 8.05. The maximum absolute atomic E-state index is 11.4. The summed E-state index contributed by atoms with van der Waals surface area (Å²) in [5.41, 5.74) is 7.99. The number of hydrogen-bond donors (Lipinski definition) is 2. The quantitative estimate of drug-likeness (QED) is 0.673. The molecule has 0 aliphatic carbocycles. The van der Waals surface area contributed by atoms with E-state index in [1.165, 1.54) is 5.56 Å². The third-order valence-electron chi connectivity index (χ3n) is 3.75. The van der Waals surface area contributed by atoms with Crippen LogP contribution < -0.4 is 15.8 Å². The molecule has 0 aromatic heterocycles. The van der Waals surface area contributed by atoms with Gasteiger partial charge in [-0.15, -0.1) is 12.4 Å². The van der Waals surface area contributed by atoms with Gasteiger partial charge in [0.1, 0.15) is 5.75 Å². The van der Waals surface area contributed by atoms with Gasteiger partial charge < -0.3 is 15.8 Å². The third-order valence-corrected chi connectivity index (χ3v) is 3.75. The number of carbonyl (C=O) groups is 1. The number of hydrogen-bond acceptors (Lipinski definition) is 3. The minimum atomic E-state index is -0.468. The number of rotatable bonds is 9. The number of ether oxygens (including phenoxy) is 1. The number of nitrogens with two attached hydrogens (primary N) is 1. The molecule has 3 N–H and O–H groups in total. The lowest BCUT2D eigenvalue weighted by Crippen LogP contribution is -2.39. The van der Waals surface area contributed by atoms with Crippen molar-refractivity contribution in [1.82, 2.24) is 5.32 Å². The number of carbonyl (C=O) groups excluding carboxylic acids is 1. The van der Waals surface area contributed by atoms with Gasteiger partial charge in [-0.25, -0.2) is 0 Å². The molecule has 4 nitrogen and oxygen atoms in total. The van der Waals surface area contributed by atoms with Gasteiger partial charge in [-0.05, 0) is 49.4 Å². The Morgan fingerprint density at radius 2 is 1.80 bits per heavy atom. The molecule has 0 spiro atoms. The van der Waals surface area contributed by atoms with E-state index in [2.05, 4.69) is 29.6 Å². The van der Waals surface area contributed by atoms with Crippen molar-refractivity contribution in [3.05, 3.63) is 65.7 Å². The van der Waals surface area contributed by atoms with Crippen molar-refractivity contribution in [2.75, 3.05) is 13.2 Å². The first-order chi connectivity index (χ1) is 11.6. The second-order valence-electron chi connectivity index (χ2n) is 5.91. The number of benzene rings is 2. The van der Waals surface area contributed by atoms with Crippen molar-refractivity contribution in [3.63, 3.8) is 0 Å². The lowest BCUT2D eigenvalue weighted by atomic mass is 10.1. The Kier molecular flexibility index (Phi) is 9.66. The fourth-order valence-electron chi connectivity index (χ4n) is 2.39. The molecule has 2 aromatic carbocycles. The molecule has 2 aromatic rings. The Balaban J connectivity index is 0.00000312. The second kappa shape index (κ2) is 11.5. The van der Waals surface area contributed by atoms with Crippen molar-refractivity contribution in [3.8, 4) is 5.75 Å². The largest absolute Gasteiger partial charge is 0.494 e. The van der Waals surface area contributed by atoms with E-state index in [1.54, 1.807) is 6.92 Å². The summed E-state index contributed by atoms with van der Waals surface area (Å²) in [4.78, 5) is 11.4. The van der Waals surface area contributed by atoms with Gasteiger partial charge in [-0.2, -0.15) is 0 Å². The molecule has 1 atom stereocenters. The highest BCUT2D eigenvalue weighted by atomic mass is 35.5.